The van der Waals surface area contributed by atoms with Crippen LogP contribution in [0, 0.1) is 6.92 Å². The topological polar surface area (TPSA) is 84.2 Å². The number of aromatic nitrogens is 2. The summed E-state index contributed by atoms with van der Waals surface area (Å²) in [5, 5.41) is 13.2. The molecule has 0 bridgehead atoms. The van der Waals surface area contributed by atoms with Crippen LogP contribution in [0.4, 0.5) is 0 Å². The predicted molar refractivity (Wildman–Crippen MR) is 70.1 cm³/mol. The molecule has 0 atom stereocenters. The second kappa shape index (κ2) is 5.02. The van der Waals surface area contributed by atoms with Gasteiger partial charge in [0.1, 0.15) is 5.75 Å². The van der Waals surface area contributed by atoms with Gasteiger partial charge in [-0.2, -0.15) is 5.10 Å². The lowest BCUT2D eigenvalue weighted by atomic mass is 10.3. The third-order valence-electron chi connectivity index (χ3n) is 2.94. The molecule has 0 unspecified atom stereocenters. The Balaban J connectivity index is 2.14. The summed E-state index contributed by atoms with van der Waals surface area (Å²) in [6.45, 7) is 2.06. The average molecular weight is 281 g/mol. The van der Waals surface area contributed by atoms with Crippen molar-refractivity contribution in [2.24, 2.45) is 7.05 Å². The van der Waals surface area contributed by atoms with Crippen LogP contribution in [-0.4, -0.2) is 23.3 Å². The molecule has 0 fully saturated rings. The standard InChI is InChI=1S/C12H15N3O3S/c1-9-10(7-13-15(9)2)8-14-19(17,18)12-5-3-11(16)4-6-12/h3-7,14,16H,8H2,1-2H3. The number of benzene rings is 1. The molecule has 19 heavy (non-hydrogen) atoms. The summed E-state index contributed by atoms with van der Waals surface area (Å²) in [5.74, 6) is 0.0297. The number of rotatable bonds is 4. The largest absolute Gasteiger partial charge is 0.508 e. The number of phenols is 1. The number of sulfonamides is 1. The average Bonchev–Trinajstić information content (AvgIpc) is 2.68. The number of hydrogen-bond acceptors (Lipinski definition) is 4. The minimum absolute atomic E-state index is 0.0297. The van der Waals surface area contributed by atoms with Crippen LogP contribution in [0.2, 0.25) is 0 Å². The SMILES string of the molecule is Cc1c(CNS(=O)(=O)c2ccc(O)cc2)cnn1C. The van der Waals surface area contributed by atoms with Gasteiger partial charge in [-0.1, -0.05) is 0 Å². The first-order valence-electron chi connectivity index (χ1n) is 5.66. The van der Waals surface area contributed by atoms with Crippen LogP contribution < -0.4 is 4.72 Å². The van der Waals surface area contributed by atoms with E-state index in [2.05, 4.69) is 9.82 Å². The molecule has 0 saturated heterocycles. The van der Waals surface area contributed by atoms with E-state index in [1.807, 2.05) is 6.92 Å². The zero-order valence-electron chi connectivity index (χ0n) is 10.7. The fourth-order valence-corrected chi connectivity index (χ4v) is 2.61. The number of hydrogen-bond donors (Lipinski definition) is 2. The fourth-order valence-electron chi connectivity index (χ4n) is 1.60. The van der Waals surface area contributed by atoms with Crippen molar-refractivity contribution in [3.8, 4) is 5.75 Å². The van der Waals surface area contributed by atoms with E-state index in [0.717, 1.165) is 11.3 Å². The second-order valence-corrected chi connectivity index (χ2v) is 5.96. The smallest absolute Gasteiger partial charge is 0.240 e. The third-order valence-corrected chi connectivity index (χ3v) is 4.35. The van der Waals surface area contributed by atoms with Crippen molar-refractivity contribution in [2.75, 3.05) is 0 Å². The first-order valence-corrected chi connectivity index (χ1v) is 7.14. The van der Waals surface area contributed by atoms with Crippen LogP contribution in [0.15, 0.2) is 35.4 Å². The highest BCUT2D eigenvalue weighted by Gasteiger charge is 2.14. The Labute approximate surface area is 111 Å². The van der Waals surface area contributed by atoms with E-state index in [-0.39, 0.29) is 17.2 Å². The molecule has 102 valence electrons. The molecule has 6 nitrogen and oxygen atoms in total. The summed E-state index contributed by atoms with van der Waals surface area (Å²) in [6.07, 6.45) is 1.63. The third kappa shape index (κ3) is 2.94. The van der Waals surface area contributed by atoms with Crippen LogP contribution in [0.3, 0.4) is 0 Å². The van der Waals surface area contributed by atoms with E-state index >= 15 is 0 Å². The minimum Gasteiger partial charge on any atom is -0.508 e. The predicted octanol–water partition coefficient (Wildman–Crippen LogP) is 0.913. The van der Waals surface area contributed by atoms with Crippen LogP contribution in [0.1, 0.15) is 11.3 Å². The van der Waals surface area contributed by atoms with Crippen molar-refractivity contribution in [3.05, 3.63) is 41.7 Å². The monoisotopic (exact) mass is 281 g/mol. The van der Waals surface area contributed by atoms with E-state index in [1.165, 1.54) is 24.3 Å². The van der Waals surface area contributed by atoms with Crippen molar-refractivity contribution in [1.82, 2.24) is 14.5 Å². The first-order chi connectivity index (χ1) is 8.90. The van der Waals surface area contributed by atoms with Gasteiger partial charge in [0.05, 0.1) is 11.1 Å². The van der Waals surface area contributed by atoms with Gasteiger partial charge in [-0.05, 0) is 31.2 Å². The van der Waals surface area contributed by atoms with E-state index < -0.39 is 10.0 Å². The van der Waals surface area contributed by atoms with Crippen LogP contribution in [-0.2, 0) is 23.6 Å². The van der Waals surface area contributed by atoms with Crippen LogP contribution >= 0.6 is 0 Å². The molecule has 2 rings (SSSR count). The van der Waals surface area contributed by atoms with Gasteiger partial charge in [0.15, 0.2) is 0 Å². The molecule has 0 amide bonds. The van der Waals surface area contributed by atoms with Gasteiger partial charge in [0.2, 0.25) is 10.0 Å². The Morgan fingerprint density at radius 1 is 1.32 bits per heavy atom. The molecule has 0 aliphatic carbocycles. The molecule has 2 aromatic rings. The van der Waals surface area contributed by atoms with Gasteiger partial charge in [-0.25, -0.2) is 13.1 Å². The molecule has 1 aromatic carbocycles. The van der Waals surface area contributed by atoms with Gasteiger partial charge >= 0.3 is 0 Å². The number of nitrogens with zero attached hydrogens (tertiary/aromatic N) is 2. The molecule has 0 saturated carbocycles. The molecule has 1 heterocycles. The summed E-state index contributed by atoms with van der Waals surface area (Å²) in [5.41, 5.74) is 1.73. The summed E-state index contributed by atoms with van der Waals surface area (Å²) in [6, 6.07) is 5.38. The van der Waals surface area contributed by atoms with E-state index in [1.54, 1.807) is 17.9 Å². The number of phenolic OH excluding ortho intramolecular Hbond substituents is 1. The Bertz CT molecular complexity index is 675. The highest BCUT2D eigenvalue weighted by molar-refractivity contribution is 7.89. The zero-order valence-corrected chi connectivity index (χ0v) is 11.5. The van der Waals surface area contributed by atoms with Gasteiger partial charge in [-0.15, -0.1) is 0 Å². The van der Waals surface area contributed by atoms with Crippen molar-refractivity contribution in [1.29, 1.82) is 0 Å². The highest BCUT2D eigenvalue weighted by Crippen LogP contribution is 2.15. The summed E-state index contributed by atoms with van der Waals surface area (Å²) < 4.78 is 28.2. The van der Waals surface area contributed by atoms with Crippen molar-refractivity contribution < 1.29 is 13.5 Å². The van der Waals surface area contributed by atoms with Crippen molar-refractivity contribution in [3.63, 3.8) is 0 Å². The summed E-state index contributed by atoms with van der Waals surface area (Å²) >= 11 is 0. The lowest BCUT2D eigenvalue weighted by Gasteiger charge is -2.06. The lowest BCUT2D eigenvalue weighted by molar-refractivity contribution is 0.474. The van der Waals surface area contributed by atoms with Gasteiger partial charge in [0.25, 0.3) is 0 Å². The van der Waals surface area contributed by atoms with Crippen LogP contribution in [0.5, 0.6) is 5.75 Å². The second-order valence-electron chi connectivity index (χ2n) is 4.20. The fraction of sp³-hybridized carbons (Fsp3) is 0.250. The molecule has 0 radical (unpaired) electrons. The van der Waals surface area contributed by atoms with Crippen molar-refractivity contribution >= 4 is 10.0 Å². The molecule has 1 aromatic heterocycles. The molecule has 0 aliphatic rings. The molecule has 2 N–H and O–H groups in total. The number of aromatic hydroxyl groups is 1. The first kappa shape index (κ1) is 13.6. The molecular weight excluding hydrogens is 266 g/mol. The molecule has 0 aliphatic heterocycles. The van der Waals surface area contributed by atoms with E-state index in [4.69, 9.17) is 5.11 Å². The Hall–Kier alpha value is -1.86. The Morgan fingerprint density at radius 3 is 2.47 bits per heavy atom. The van der Waals surface area contributed by atoms with Gasteiger partial charge in [0, 0.05) is 24.8 Å². The highest BCUT2D eigenvalue weighted by atomic mass is 32.2. The lowest BCUT2D eigenvalue weighted by Crippen LogP contribution is -2.23. The molecule has 7 heteroatoms. The van der Waals surface area contributed by atoms with Gasteiger partial charge in [-0.3, -0.25) is 4.68 Å². The normalized spacial score (nSPS) is 11.7. The Kier molecular flexibility index (Phi) is 3.59. The van der Waals surface area contributed by atoms with E-state index in [0.29, 0.717) is 0 Å². The maximum atomic E-state index is 12.0. The molecular formula is C12H15N3O3S. The maximum absolute atomic E-state index is 12.0. The van der Waals surface area contributed by atoms with Crippen molar-refractivity contribution in [2.45, 2.75) is 18.4 Å². The summed E-state index contributed by atoms with van der Waals surface area (Å²) in [7, 11) is -1.78. The maximum Gasteiger partial charge on any atom is 0.240 e. The zero-order chi connectivity index (χ0) is 14.0. The minimum atomic E-state index is -3.58. The van der Waals surface area contributed by atoms with Crippen LogP contribution in [0.25, 0.3) is 0 Å². The molecule has 0 spiro atoms. The number of nitrogens with one attached hydrogen (secondary N) is 1. The van der Waals surface area contributed by atoms with Gasteiger partial charge < -0.3 is 5.11 Å². The summed E-state index contributed by atoms with van der Waals surface area (Å²) in [4.78, 5) is 0.117. The van der Waals surface area contributed by atoms with E-state index in [9.17, 15) is 8.42 Å². The number of aryl methyl sites for hydroxylation is 1. The quantitative estimate of drug-likeness (QED) is 0.872. The Morgan fingerprint density at radius 2 is 1.95 bits per heavy atom.